The van der Waals surface area contributed by atoms with E-state index < -0.39 is 0 Å². The van der Waals surface area contributed by atoms with Crippen molar-refractivity contribution < 1.29 is 9.21 Å². The third-order valence-corrected chi connectivity index (χ3v) is 6.18. The van der Waals surface area contributed by atoms with E-state index in [0.717, 1.165) is 21.7 Å². The van der Waals surface area contributed by atoms with Crippen LogP contribution in [0.4, 0.5) is 0 Å². The molecule has 0 fully saturated rings. The fourth-order valence-corrected chi connectivity index (χ4v) is 4.33. The van der Waals surface area contributed by atoms with Crippen LogP contribution in [0, 0.1) is 0 Å². The molecule has 0 saturated heterocycles. The lowest BCUT2D eigenvalue weighted by Gasteiger charge is -2.17. The molecule has 0 aliphatic rings. The Hall–Kier alpha value is -2.70. The molecular formula is C22H20ClN3O2S. The summed E-state index contributed by atoms with van der Waals surface area (Å²) in [5.74, 6) is 0.780. The van der Waals surface area contributed by atoms with E-state index in [0.29, 0.717) is 28.7 Å². The number of benzene rings is 2. The first-order valence-corrected chi connectivity index (χ1v) is 10.5. The highest BCUT2D eigenvalue weighted by molar-refractivity contribution is 7.98. The number of fused-ring (bicyclic) bond motifs is 1. The average molecular weight is 426 g/mol. The zero-order valence-corrected chi connectivity index (χ0v) is 17.7. The minimum Gasteiger partial charge on any atom is -0.451 e. The molecule has 0 N–H and O–H groups in total. The van der Waals surface area contributed by atoms with Crippen molar-refractivity contribution in [3.05, 3.63) is 82.8 Å². The van der Waals surface area contributed by atoms with Crippen LogP contribution in [-0.2, 0) is 19.3 Å². The lowest BCUT2D eigenvalue weighted by atomic mass is 10.1. The summed E-state index contributed by atoms with van der Waals surface area (Å²) in [5.41, 5.74) is 2.48. The number of nitrogens with zero attached hydrogens (tertiary/aromatic N) is 3. The van der Waals surface area contributed by atoms with Gasteiger partial charge in [-0.3, -0.25) is 4.79 Å². The molecule has 0 radical (unpaired) electrons. The van der Waals surface area contributed by atoms with Gasteiger partial charge in [0, 0.05) is 54.8 Å². The van der Waals surface area contributed by atoms with Crippen LogP contribution in [0.3, 0.4) is 0 Å². The zero-order chi connectivity index (χ0) is 20.4. The Kier molecular flexibility index (Phi) is 5.65. The molecule has 148 valence electrons. The third kappa shape index (κ3) is 4.04. The van der Waals surface area contributed by atoms with Gasteiger partial charge >= 0.3 is 0 Å². The van der Waals surface area contributed by atoms with Crippen molar-refractivity contribution >= 4 is 40.2 Å². The molecule has 4 rings (SSSR count). The van der Waals surface area contributed by atoms with Crippen LogP contribution < -0.4 is 0 Å². The van der Waals surface area contributed by atoms with Crippen molar-refractivity contribution in [1.29, 1.82) is 0 Å². The highest BCUT2D eigenvalue weighted by Crippen LogP contribution is 2.32. The van der Waals surface area contributed by atoms with Gasteiger partial charge < -0.3 is 13.9 Å². The van der Waals surface area contributed by atoms with Crippen LogP contribution >= 0.6 is 23.4 Å². The molecule has 7 heteroatoms. The molecule has 2 heterocycles. The molecule has 5 nitrogen and oxygen atoms in total. The predicted octanol–water partition coefficient (Wildman–Crippen LogP) is 5.38. The number of hydrogen-bond acceptors (Lipinski definition) is 4. The minimum atomic E-state index is -0.170. The lowest BCUT2D eigenvalue weighted by Crippen LogP contribution is -2.26. The van der Waals surface area contributed by atoms with E-state index in [9.17, 15) is 4.79 Å². The Bertz CT molecular complexity index is 1170. The molecule has 1 amide bonds. The average Bonchev–Trinajstić information content (AvgIpc) is 3.30. The first-order chi connectivity index (χ1) is 14.0. The first kappa shape index (κ1) is 19.6. The van der Waals surface area contributed by atoms with Crippen LogP contribution in [0.25, 0.3) is 11.0 Å². The van der Waals surface area contributed by atoms with E-state index in [1.165, 1.54) is 0 Å². The summed E-state index contributed by atoms with van der Waals surface area (Å²) in [4.78, 5) is 19.2. The maximum atomic E-state index is 13.2. The van der Waals surface area contributed by atoms with Crippen molar-refractivity contribution in [1.82, 2.24) is 14.5 Å². The summed E-state index contributed by atoms with van der Waals surface area (Å²) < 4.78 is 7.94. The molecule has 2 aromatic carbocycles. The summed E-state index contributed by atoms with van der Waals surface area (Å²) in [7, 11) is 3.71. The number of para-hydroxylation sites is 1. The minimum absolute atomic E-state index is 0.170. The number of aryl methyl sites for hydroxylation is 1. The Morgan fingerprint density at radius 3 is 2.72 bits per heavy atom. The van der Waals surface area contributed by atoms with Gasteiger partial charge in [-0.15, -0.1) is 0 Å². The van der Waals surface area contributed by atoms with Crippen molar-refractivity contribution in [2.45, 2.75) is 17.5 Å². The van der Waals surface area contributed by atoms with Gasteiger partial charge in [0.1, 0.15) is 5.58 Å². The van der Waals surface area contributed by atoms with Gasteiger partial charge in [0.25, 0.3) is 5.91 Å². The number of furan rings is 1. The van der Waals surface area contributed by atoms with Crippen LogP contribution in [0.5, 0.6) is 0 Å². The first-order valence-electron chi connectivity index (χ1n) is 9.14. The Morgan fingerprint density at radius 2 is 1.97 bits per heavy atom. The summed E-state index contributed by atoms with van der Waals surface area (Å²) in [6.07, 6.45) is 3.67. The number of amides is 1. The largest absolute Gasteiger partial charge is 0.451 e. The van der Waals surface area contributed by atoms with Gasteiger partial charge in [-0.25, -0.2) is 4.98 Å². The molecule has 0 unspecified atom stereocenters. The third-order valence-electron chi connectivity index (χ3n) is 4.73. The SMILES string of the molecule is CN(Cc1ccccc1Cl)C(=O)c1oc2ccccc2c1CSc1nccn1C. The van der Waals surface area contributed by atoms with Crippen molar-refractivity contribution in [3.8, 4) is 0 Å². The number of imidazole rings is 1. The Balaban J connectivity index is 1.64. The van der Waals surface area contributed by atoms with Gasteiger partial charge in [-0.1, -0.05) is 59.8 Å². The second-order valence-corrected chi connectivity index (χ2v) is 8.12. The molecule has 0 bridgehead atoms. The van der Waals surface area contributed by atoms with E-state index in [1.54, 1.807) is 29.9 Å². The summed E-state index contributed by atoms with van der Waals surface area (Å²) in [6, 6.07) is 15.3. The van der Waals surface area contributed by atoms with Gasteiger partial charge in [-0.05, 0) is 17.7 Å². The Morgan fingerprint density at radius 1 is 1.21 bits per heavy atom. The van der Waals surface area contributed by atoms with E-state index in [1.807, 2.05) is 66.3 Å². The number of carbonyl (C=O) groups excluding carboxylic acids is 1. The van der Waals surface area contributed by atoms with Gasteiger partial charge in [0.15, 0.2) is 10.9 Å². The molecule has 2 aromatic heterocycles. The fourth-order valence-electron chi connectivity index (χ4n) is 3.17. The molecule has 0 saturated carbocycles. The predicted molar refractivity (Wildman–Crippen MR) is 116 cm³/mol. The number of halogens is 1. The molecule has 0 aliphatic carbocycles. The molecule has 4 aromatic rings. The highest BCUT2D eigenvalue weighted by atomic mass is 35.5. The standard InChI is InChI=1S/C22H20ClN3O2S/c1-25-12-11-24-22(25)29-14-17-16-8-4-6-10-19(16)28-20(17)21(27)26(2)13-15-7-3-5-9-18(15)23/h3-12H,13-14H2,1-2H3. The normalized spacial score (nSPS) is 11.1. The van der Waals surface area contributed by atoms with Gasteiger partial charge in [0.2, 0.25) is 0 Å². The van der Waals surface area contributed by atoms with Crippen molar-refractivity contribution in [2.75, 3.05) is 7.05 Å². The molecule has 0 aliphatic heterocycles. The fraction of sp³-hybridized carbons (Fsp3) is 0.182. The Labute approximate surface area is 178 Å². The van der Waals surface area contributed by atoms with Crippen LogP contribution in [0.1, 0.15) is 21.7 Å². The van der Waals surface area contributed by atoms with E-state index in [2.05, 4.69) is 4.98 Å². The maximum absolute atomic E-state index is 13.2. The van der Waals surface area contributed by atoms with Crippen molar-refractivity contribution in [3.63, 3.8) is 0 Å². The number of aromatic nitrogens is 2. The summed E-state index contributed by atoms with van der Waals surface area (Å²) in [6.45, 7) is 0.404. The van der Waals surface area contributed by atoms with E-state index >= 15 is 0 Å². The van der Waals surface area contributed by atoms with Crippen LogP contribution in [0.15, 0.2) is 70.5 Å². The van der Waals surface area contributed by atoms with Crippen LogP contribution in [-0.4, -0.2) is 27.4 Å². The second-order valence-electron chi connectivity index (χ2n) is 6.77. The monoisotopic (exact) mass is 425 g/mol. The number of rotatable bonds is 6. The highest BCUT2D eigenvalue weighted by Gasteiger charge is 2.24. The summed E-state index contributed by atoms with van der Waals surface area (Å²) >= 11 is 7.84. The van der Waals surface area contributed by atoms with E-state index in [-0.39, 0.29) is 5.91 Å². The number of thioether (sulfide) groups is 1. The topological polar surface area (TPSA) is 51.3 Å². The molecule has 0 spiro atoms. The summed E-state index contributed by atoms with van der Waals surface area (Å²) in [5, 5.41) is 2.48. The van der Waals surface area contributed by atoms with Crippen LogP contribution in [0.2, 0.25) is 5.02 Å². The van der Waals surface area contributed by atoms with Gasteiger partial charge in [0.05, 0.1) is 0 Å². The maximum Gasteiger partial charge on any atom is 0.289 e. The smallest absolute Gasteiger partial charge is 0.289 e. The molecular weight excluding hydrogens is 406 g/mol. The molecule has 29 heavy (non-hydrogen) atoms. The lowest BCUT2D eigenvalue weighted by molar-refractivity contribution is 0.0755. The zero-order valence-electron chi connectivity index (χ0n) is 16.1. The van der Waals surface area contributed by atoms with Gasteiger partial charge in [-0.2, -0.15) is 0 Å². The quantitative estimate of drug-likeness (QED) is 0.389. The number of hydrogen-bond donors (Lipinski definition) is 0. The number of carbonyl (C=O) groups is 1. The van der Waals surface area contributed by atoms with Crippen molar-refractivity contribution in [2.24, 2.45) is 7.05 Å². The molecule has 0 atom stereocenters. The second kappa shape index (κ2) is 8.35. The van der Waals surface area contributed by atoms with E-state index in [4.69, 9.17) is 16.0 Å².